The third kappa shape index (κ3) is 3.77. The summed E-state index contributed by atoms with van der Waals surface area (Å²) in [5.74, 6) is 1.65. The predicted octanol–water partition coefficient (Wildman–Crippen LogP) is 3.71. The molecule has 0 radical (unpaired) electrons. The first-order chi connectivity index (χ1) is 14.3. The van der Waals surface area contributed by atoms with Gasteiger partial charge in [0.2, 0.25) is 6.79 Å². The van der Waals surface area contributed by atoms with E-state index in [0.29, 0.717) is 12.4 Å². The lowest BCUT2D eigenvalue weighted by Crippen LogP contribution is -2.43. The number of nitriles is 1. The number of para-hydroxylation sites is 1. The van der Waals surface area contributed by atoms with Gasteiger partial charge < -0.3 is 14.4 Å². The summed E-state index contributed by atoms with van der Waals surface area (Å²) in [6, 6.07) is 16.5. The van der Waals surface area contributed by atoms with Crippen LogP contribution in [0.4, 0.5) is 0 Å². The molecule has 5 rings (SSSR count). The van der Waals surface area contributed by atoms with Gasteiger partial charge in [-0.3, -0.25) is 4.90 Å². The molecule has 6 nitrogen and oxygen atoms in total. The smallest absolute Gasteiger partial charge is 0.231 e. The lowest BCUT2D eigenvalue weighted by Gasteiger charge is -2.34. The van der Waals surface area contributed by atoms with Gasteiger partial charge >= 0.3 is 0 Å². The molecule has 0 bridgehead atoms. The monoisotopic (exact) mass is 404 g/mol. The van der Waals surface area contributed by atoms with Gasteiger partial charge in [0.1, 0.15) is 16.6 Å². The van der Waals surface area contributed by atoms with Crippen molar-refractivity contribution in [3.8, 4) is 17.6 Å². The summed E-state index contributed by atoms with van der Waals surface area (Å²) in [6.07, 6.45) is 1.97. The molecule has 1 aromatic heterocycles. The van der Waals surface area contributed by atoms with E-state index >= 15 is 0 Å². The maximum atomic E-state index is 9.65. The Kier molecular flexibility index (Phi) is 4.80. The van der Waals surface area contributed by atoms with E-state index in [-0.39, 0.29) is 0 Å². The molecule has 0 spiro atoms. The highest BCUT2D eigenvalue weighted by Gasteiger charge is 2.19. The Morgan fingerprint density at radius 3 is 2.76 bits per heavy atom. The first-order valence-electron chi connectivity index (χ1n) is 9.61. The number of benzene rings is 2. The Morgan fingerprint density at radius 2 is 1.93 bits per heavy atom. The van der Waals surface area contributed by atoms with Crippen LogP contribution in [-0.4, -0.2) is 47.8 Å². The standard InChI is InChI=1S/C22H20N4O2S/c23-12-17(22-24-18-3-1-2-4-21(18)29-22)14-26-9-7-25(8-10-26)13-16-5-6-19-20(11-16)28-15-27-19/h1-6,11,14H,7-10,13,15H2. The van der Waals surface area contributed by atoms with Gasteiger partial charge in [-0.25, -0.2) is 4.98 Å². The van der Waals surface area contributed by atoms with Crippen LogP contribution in [0.3, 0.4) is 0 Å². The van der Waals surface area contributed by atoms with Crippen molar-refractivity contribution >= 4 is 27.1 Å². The number of hydrogen-bond donors (Lipinski definition) is 0. The predicted molar refractivity (Wildman–Crippen MR) is 113 cm³/mol. The van der Waals surface area contributed by atoms with Gasteiger partial charge in [-0.1, -0.05) is 18.2 Å². The van der Waals surface area contributed by atoms with E-state index < -0.39 is 0 Å². The summed E-state index contributed by atoms with van der Waals surface area (Å²) in [5.41, 5.74) is 2.81. The molecule has 0 amide bonds. The van der Waals surface area contributed by atoms with Crippen LogP contribution in [0.25, 0.3) is 15.8 Å². The van der Waals surface area contributed by atoms with Gasteiger partial charge in [0.05, 0.1) is 10.2 Å². The maximum absolute atomic E-state index is 9.65. The minimum absolute atomic E-state index is 0.305. The first kappa shape index (κ1) is 18.0. The Bertz CT molecular complexity index is 1080. The van der Waals surface area contributed by atoms with Crippen molar-refractivity contribution in [2.75, 3.05) is 33.0 Å². The summed E-state index contributed by atoms with van der Waals surface area (Å²) in [7, 11) is 0. The fraction of sp³-hybridized carbons (Fsp3) is 0.273. The fourth-order valence-electron chi connectivity index (χ4n) is 3.65. The summed E-state index contributed by atoms with van der Waals surface area (Å²) >= 11 is 1.57. The van der Waals surface area contributed by atoms with Crippen molar-refractivity contribution in [1.29, 1.82) is 5.26 Å². The molecule has 1 saturated heterocycles. The fourth-order valence-corrected chi connectivity index (χ4v) is 4.58. The van der Waals surface area contributed by atoms with Crippen molar-refractivity contribution < 1.29 is 9.47 Å². The molecule has 2 aliphatic heterocycles. The van der Waals surface area contributed by atoms with Gasteiger partial charge in [-0.2, -0.15) is 5.26 Å². The third-order valence-corrected chi connectivity index (χ3v) is 6.28. The molecule has 0 saturated carbocycles. The Balaban J connectivity index is 1.23. The summed E-state index contributed by atoms with van der Waals surface area (Å²) in [4.78, 5) is 9.26. The normalized spacial score (nSPS) is 16.9. The maximum Gasteiger partial charge on any atom is 0.231 e. The largest absolute Gasteiger partial charge is 0.454 e. The average molecular weight is 404 g/mol. The van der Waals surface area contributed by atoms with Gasteiger partial charge in [0, 0.05) is 38.9 Å². The Hall–Kier alpha value is -3.08. The number of ether oxygens (including phenoxy) is 2. The molecule has 2 aliphatic rings. The number of aromatic nitrogens is 1. The quantitative estimate of drug-likeness (QED) is 0.618. The lowest BCUT2D eigenvalue weighted by atomic mass is 10.1. The van der Waals surface area contributed by atoms with E-state index in [4.69, 9.17) is 9.47 Å². The SMILES string of the molecule is N#CC(=CN1CCN(Cc2ccc3c(c2)OCO3)CC1)c1nc2ccccc2s1. The molecule has 3 heterocycles. The first-order valence-corrected chi connectivity index (χ1v) is 10.4. The number of nitrogens with zero attached hydrogens (tertiary/aromatic N) is 4. The van der Waals surface area contributed by atoms with Crippen LogP contribution in [0.1, 0.15) is 10.6 Å². The summed E-state index contributed by atoms with van der Waals surface area (Å²) in [5, 5.41) is 10.4. The molecular formula is C22H20N4O2S. The highest BCUT2D eigenvalue weighted by molar-refractivity contribution is 7.19. The van der Waals surface area contributed by atoms with Crippen LogP contribution in [0.15, 0.2) is 48.7 Å². The molecule has 0 unspecified atom stereocenters. The minimum Gasteiger partial charge on any atom is -0.454 e. The average Bonchev–Trinajstić information content (AvgIpc) is 3.39. The van der Waals surface area contributed by atoms with Crippen molar-refractivity contribution in [3.05, 3.63) is 59.2 Å². The zero-order chi connectivity index (χ0) is 19.6. The molecule has 3 aromatic rings. The molecule has 29 heavy (non-hydrogen) atoms. The second-order valence-electron chi connectivity index (χ2n) is 7.14. The number of allylic oxidation sites excluding steroid dienone is 1. The van der Waals surface area contributed by atoms with E-state index in [2.05, 4.69) is 33.0 Å². The second-order valence-corrected chi connectivity index (χ2v) is 8.17. The molecular weight excluding hydrogens is 384 g/mol. The number of rotatable bonds is 4. The molecule has 2 aromatic carbocycles. The van der Waals surface area contributed by atoms with Crippen LogP contribution < -0.4 is 9.47 Å². The highest BCUT2D eigenvalue weighted by atomic mass is 32.1. The highest BCUT2D eigenvalue weighted by Crippen LogP contribution is 2.33. The zero-order valence-electron chi connectivity index (χ0n) is 15.9. The van der Waals surface area contributed by atoms with E-state index in [0.717, 1.165) is 59.4 Å². The van der Waals surface area contributed by atoms with Crippen LogP contribution in [-0.2, 0) is 6.54 Å². The van der Waals surface area contributed by atoms with Crippen LogP contribution in [0.5, 0.6) is 11.5 Å². The van der Waals surface area contributed by atoms with Crippen molar-refractivity contribution in [3.63, 3.8) is 0 Å². The van der Waals surface area contributed by atoms with Crippen molar-refractivity contribution in [1.82, 2.24) is 14.8 Å². The second kappa shape index (κ2) is 7.74. The Labute approximate surface area is 173 Å². The van der Waals surface area contributed by atoms with Crippen molar-refractivity contribution in [2.24, 2.45) is 0 Å². The van der Waals surface area contributed by atoms with E-state index in [9.17, 15) is 5.26 Å². The molecule has 146 valence electrons. The van der Waals surface area contributed by atoms with Crippen LogP contribution >= 0.6 is 11.3 Å². The molecule has 7 heteroatoms. The number of hydrogen-bond acceptors (Lipinski definition) is 7. The summed E-state index contributed by atoms with van der Waals surface area (Å²) < 4.78 is 12.0. The molecule has 0 aliphatic carbocycles. The number of piperazine rings is 1. The molecule has 0 atom stereocenters. The summed E-state index contributed by atoms with van der Waals surface area (Å²) in [6.45, 7) is 4.87. The minimum atomic E-state index is 0.305. The van der Waals surface area contributed by atoms with Crippen molar-refractivity contribution in [2.45, 2.75) is 6.54 Å². The number of fused-ring (bicyclic) bond motifs is 2. The Morgan fingerprint density at radius 1 is 1.10 bits per heavy atom. The molecule has 0 N–H and O–H groups in total. The zero-order valence-corrected chi connectivity index (χ0v) is 16.7. The van der Waals surface area contributed by atoms with Crippen LogP contribution in [0.2, 0.25) is 0 Å². The van der Waals surface area contributed by atoms with Gasteiger partial charge in [-0.15, -0.1) is 11.3 Å². The van der Waals surface area contributed by atoms with E-state index in [1.54, 1.807) is 11.3 Å². The van der Waals surface area contributed by atoms with E-state index in [1.165, 1.54) is 5.56 Å². The van der Waals surface area contributed by atoms with E-state index in [1.807, 2.05) is 36.5 Å². The molecule has 1 fully saturated rings. The lowest BCUT2D eigenvalue weighted by molar-refractivity contribution is 0.162. The number of thiazole rings is 1. The van der Waals surface area contributed by atoms with Crippen LogP contribution in [0, 0.1) is 11.3 Å². The van der Waals surface area contributed by atoms with Gasteiger partial charge in [0.15, 0.2) is 11.5 Å². The van der Waals surface area contributed by atoms with Gasteiger partial charge in [0.25, 0.3) is 0 Å². The topological polar surface area (TPSA) is 61.6 Å². The third-order valence-electron chi connectivity index (χ3n) is 5.21. The van der Waals surface area contributed by atoms with Gasteiger partial charge in [-0.05, 0) is 29.8 Å².